The molecule has 13 heteroatoms. The third kappa shape index (κ3) is 7.04. The second kappa shape index (κ2) is 13.7. The number of para-hydroxylation sites is 1. The first-order valence-electron chi connectivity index (χ1n) is 15.1. The molecule has 0 saturated carbocycles. The van der Waals surface area contributed by atoms with Crippen molar-refractivity contribution in [2.75, 3.05) is 49.5 Å². The molecule has 0 spiro atoms. The molecule has 1 aromatic heterocycles. The summed E-state index contributed by atoms with van der Waals surface area (Å²) in [6, 6.07) is 14.1. The summed E-state index contributed by atoms with van der Waals surface area (Å²) in [7, 11) is 0. The number of halogens is 2. The molecule has 0 bridgehead atoms. The summed E-state index contributed by atoms with van der Waals surface area (Å²) in [6.07, 6.45) is 5.08. The van der Waals surface area contributed by atoms with Crippen LogP contribution in [0.3, 0.4) is 0 Å². The smallest absolute Gasteiger partial charge is 0.322 e. The zero-order valence-corrected chi connectivity index (χ0v) is 27.8. The number of piperazine rings is 1. The molecule has 1 atom stereocenters. The summed E-state index contributed by atoms with van der Waals surface area (Å²) in [6.45, 7) is 3.91. The van der Waals surface area contributed by atoms with Gasteiger partial charge in [-0.1, -0.05) is 18.2 Å². The number of urea groups is 2. The minimum absolute atomic E-state index is 0.0169. The Balaban J connectivity index is 1.11. The van der Waals surface area contributed by atoms with Crippen LogP contribution in [-0.4, -0.2) is 94.1 Å². The fourth-order valence-electron chi connectivity index (χ4n) is 6.27. The molecule has 3 aliphatic heterocycles. The number of aromatic nitrogens is 1. The number of anilines is 2. The molecule has 0 aliphatic carbocycles. The van der Waals surface area contributed by atoms with Crippen LogP contribution in [0, 0.1) is 0 Å². The number of fused-ring (bicyclic) bond motifs is 1. The number of phenolic OH excluding ortho intramolecular Hbond substituents is 1. The number of benzene rings is 2. The molecular weight excluding hydrogens is 706 g/mol. The van der Waals surface area contributed by atoms with Crippen LogP contribution in [0.5, 0.6) is 5.75 Å². The summed E-state index contributed by atoms with van der Waals surface area (Å²) in [5.41, 5.74) is 3.77. The fourth-order valence-corrected chi connectivity index (χ4v) is 7.55. The third-order valence-electron chi connectivity index (χ3n) is 8.78. The topological polar surface area (TPSA) is 121 Å². The molecule has 3 N–H and O–H groups in total. The Morgan fingerprint density at radius 2 is 1.62 bits per heavy atom. The summed E-state index contributed by atoms with van der Waals surface area (Å²) in [5.74, 6) is -0.0665. The molecule has 236 valence electrons. The Hall–Kier alpha value is -3.84. The summed E-state index contributed by atoms with van der Waals surface area (Å²) >= 11 is 6.76. The molecular formula is C32H35Br2N7O4. The number of rotatable bonds is 6. The maximum Gasteiger partial charge on any atom is 0.322 e. The number of carbonyl (C=O) groups excluding carboxylic acids is 3. The van der Waals surface area contributed by atoms with Gasteiger partial charge in [0, 0.05) is 82.0 Å². The van der Waals surface area contributed by atoms with E-state index in [0.29, 0.717) is 67.6 Å². The summed E-state index contributed by atoms with van der Waals surface area (Å²) in [4.78, 5) is 52.1. The first-order valence-corrected chi connectivity index (χ1v) is 16.7. The Kier molecular flexibility index (Phi) is 9.45. The SMILES string of the molecule is O=C(N[C@H](Cc1cc(Br)c(O)c(Br)c1)C(=O)N1CCN(c2ccncc2)CC1)N1CCC(N2Cc3ccccc3NC2=O)CC1. The van der Waals surface area contributed by atoms with E-state index < -0.39 is 6.04 Å². The van der Waals surface area contributed by atoms with Crippen LogP contribution in [0.1, 0.15) is 24.0 Å². The van der Waals surface area contributed by atoms with Crippen LogP contribution in [0.25, 0.3) is 0 Å². The van der Waals surface area contributed by atoms with Crippen molar-refractivity contribution in [1.29, 1.82) is 0 Å². The van der Waals surface area contributed by atoms with E-state index in [-0.39, 0.29) is 36.2 Å². The molecule has 2 fully saturated rings. The van der Waals surface area contributed by atoms with Gasteiger partial charge < -0.3 is 35.3 Å². The fraction of sp³-hybridized carbons (Fsp3) is 0.375. The standard InChI is InChI=1S/C32H35Br2N7O4/c33-25-17-21(18-26(34)29(25)42)19-28(30(43)39-15-13-38(14-16-39)23-5-9-35-10-6-23)37-31(44)40-11-7-24(8-12-40)41-20-22-3-1-2-4-27(22)36-32(41)45/h1-6,9-10,17-18,24,28,42H,7-8,11-16,19-20H2,(H,36,45)(H,37,44)/t28-/m1/s1. The number of nitrogens with zero attached hydrogens (tertiary/aromatic N) is 5. The van der Waals surface area contributed by atoms with Gasteiger partial charge in [-0.25, -0.2) is 9.59 Å². The van der Waals surface area contributed by atoms with E-state index in [1.54, 1.807) is 29.4 Å². The van der Waals surface area contributed by atoms with Gasteiger partial charge in [0.15, 0.2) is 0 Å². The van der Waals surface area contributed by atoms with Crippen molar-refractivity contribution in [1.82, 2.24) is 25.0 Å². The van der Waals surface area contributed by atoms with Gasteiger partial charge in [0.1, 0.15) is 11.8 Å². The highest BCUT2D eigenvalue weighted by atomic mass is 79.9. The quantitative estimate of drug-likeness (QED) is 0.334. The van der Waals surface area contributed by atoms with Crippen LogP contribution in [0.2, 0.25) is 0 Å². The third-order valence-corrected chi connectivity index (χ3v) is 9.99. The Morgan fingerprint density at radius 1 is 0.956 bits per heavy atom. The lowest BCUT2D eigenvalue weighted by Crippen LogP contribution is -2.58. The molecule has 4 heterocycles. The van der Waals surface area contributed by atoms with Gasteiger partial charge in [-0.3, -0.25) is 9.78 Å². The average Bonchev–Trinajstić information content (AvgIpc) is 3.06. The van der Waals surface area contributed by atoms with Gasteiger partial charge in [0.2, 0.25) is 5.91 Å². The molecule has 0 unspecified atom stereocenters. The number of pyridine rings is 1. The zero-order valence-electron chi connectivity index (χ0n) is 24.7. The van der Waals surface area contributed by atoms with Gasteiger partial charge in [-0.2, -0.15) is 0 Å². The van der Waals surface area contributed by atoms with Gasteiger partial charge in [0.25, 0.3) is 0 Å². The van der Waals surface area contributed by atoms with Crippen molar-refractivity contribution in [2.45, 2.75) is 37.9 Å². The van der Waals surface area contributed by atoms with Crippen LogP contribution in [-0.2, 0) is 17.8 Å². The monoisotopic (exact) mass is 739 g/mol. The number of phenols is 1. The number of nitrogens with one attached hydrogen (secondary N) is 2. The highest BCUT2D eigenvalue weighted by molar-refractivity contribution is 9.11. The van der Waals surface area contributed by atoms with E-state index in [0.717, 1.165) is 22.5 Å². The molecule has 6 rings (SSSR count). The number of hydrogen-bond donors (Lipinski definition) is 3. The van der Waals surface area contributed by atoms with E-state index in [9.17, 15) is 19.5 Å². The van der Waals surface area contributed by atoms with Crippen molar-refractivity contribution < 1.29 is 19.5 Å². The first-order chi connectivity index (χ1) is 21.8. The highest BCUT2D eigenvalue weighted by Crippen LogP contribution is 2.34. The zero-order chi connectivity index (χ0) is 31.5. The van der Waals surface area contributed by atoms with Gasteiger partial charge in [-0.05, 0) is 86.2 Å². The van der Waals surface area contributed by atoms with Gasteiger partial charge in [-0.15, -0.1) is 0 Å². The predicted molar refractivity (Wildman–Crippen MR) is 178 cm³/mol. The number of amides is 5. The average molecular weight is 741 g/mol. The Morgan fingerprint density at radius 3 is 2.31 bits per heavy atom. The molecule has 3 aromatic rings. The van der Waals surface area contributed by atoms with Gasteiger partial charge >= 0.3 is 12.1 Å². The largest absolute Gasteiger partial charge is 0.506 e. The van der Waals surface area contributed by atoms with Crippen molar-refractivity contribution in [3.63, 3.8) is 0 Å². The second-order valence-corrected chi connectivity index (χ2v) is 13.3. The number of likely N-dealkylation sites (tertiary alicyclic amines) is 1. The van der Waals surface area contributed by atoms with E-state index >= 15 is 0 Å². The molecule has 11 nitrogen and oxygen atoms in total. The lowest BCUT2D eigenvalue weighted by molar-refractivity contribution is -0.133. The first kappa shape index (κ1) is 31.2. The van der Waals surface area contributed by atoms with E-state index in [1.807, 2.05) is 46.2 Å². The number of hydrogen-bond acceptors (Lipinski definition) is 6. The lowest BCUT2D eigenvalue weighted by Gasteiger charge is -2.41. The van der Waals surface area contributed by atoms with E-state index in [2.05, 4.69) is 52.4 Å². The minimum atomic E-state index is -0.796. The molecule has 0 radical (unpaired) electrons. The van der Waals surface area contributed by atoms with Crippen LogP contribution in [0.4, 0.5) is 21.0 Å². The van der Waals surface area contributed by atoms with Crippen molar-refractivity contribution in [3.05, 3.63) is 81.0 Å². The van der Waals surface area contributed by atoms with Crippen LogP contribution < -0.4 is 15.5 Å². The summed E-state index contributed by atoms with van der Waals surface area (Å²) in [5, 5.41) is 16.2. The highest BCUT2D eigenvalue weighted by Gasteiger charge is 2.35. The lowest BCUT2D eigenvalue weighted by atomic mass is 10.0. The molecule has 5 amide bonds. The molecule has 3 aliphatic rings. The summed E-state index contributed by atoms with van der Waals surface area (Å²) < 4.78 is 1.00. The number of aromatic hydroxyl groups is 1. The molecule has 45 heavy (non-hydrogen) atoms. The second-order valence-electron chi connectivity index (χ2n) is 11.6. The van der Waals surface area contributed by atoms with E-state index in [1.165, 1.54) is 0 Å². The predicted octanol–water partition coefficient (Wildman–Crippen LogP) is 4.79. The van der Waals surface area contributed by atoms with Crippen LogP contribution >= 0.6 is 31.9 Å². The van der Waals surface area contributed by atoms with Crippen molar-refractivity contribution in [3.8, 4) is 5.75 Å². The van der Waals surface area contributed by atoms with Gasteiger partial charge in [0.05, 0.1) is 8.95 Å². The van der Waals surface area contributed by atoms with Crippen molar-refractivity contribution >= 4 is 61.2 Å². The van der Waals surface area contributed by atoms with Crippen LogP contribution in [0.15, 0.2) is 69.9 Å². The number of carbonyl (C=O) groups is 3. The Bertz CT molecular complexity index is 1540. The maximum absolute atomic E-state index is 13.9. The van der Waals surface area contributed by atoms with Crippen molar-refractivity contribution in [2.24, 2.45) is 0 Å². The molecule has 2 saturated heterocycles. The maximum atomic E-state index is 13.9. The Labute approximate surface area is 278 Å². The normalized spacial score (nSPS) is 17.9. The molecule has 2 aromatic carbocycles. The number of piperidine rings is 1. The van der Waals surface area contributed by atoms with E-state index in [4.69, 9.17) is 0 Å². The minimum Gasteiger partial charge on any atom is -0.506 e.